The van der Waals surface area contributed by atoms with Crippen molar-refractivity contribution in [3.05, 3.63) is 36.5 Å². The van der Waals surface area contributed by atoms with Crippen molar-refractivity contribution < 1.29 is 4.39 Å². The van der Waals surface area contributed by atoms with Gasteiger partial charge in [-0.25, -0.2) is 18.4 Å². The zero-order valence-corrected chi connectivity index (χ0v) is 11.5. The molecule has 0 amide bonds. The quantitative estimate of drug-likeness (QED) is 0.577. The number of nitrogens with zero attached hydrogens (tertiary/aromatic N) is 6. The van der Waals surface area contributed by atoms with Gasteiger partial charge in [-0.2, -0.15) is 10.1 Å². The first-order valence-corrected chi connectivity index (χ1v) is 6.50. The molecule has 0 radical (unpaired) electrons. The van der Waals surface area contributed by atoms with E-state index < -0.39 is 5.82 Å². The fourth-order valence-electron chi connectivity index (χ4n) is 2.44. The minimum absolute atomic E-state index is 0.0522. The Labute approximate surface area is 123 Å². The van der Waals surface area contributed by atoms with Crippen molar-refractivity contribution in [3.8, 4) is 11.3 Å². The van der Waals surface area contributed by atoms with Gasteiger partial charge in [0.25, 0.3) is 0 Å². The monoisotopic (exact) mass is 298 g/mol. The summed E-state index contributed by atoms with van der Waals surface area (Å²) in [5.41, 5.74) is 7.54. The molecule has 9 heteroatoms. The fourth-order valence-corrected chi connectivity index (χ4v) is 2.44. The summed E-state index contributed by atoms with van der Waals surface area (Å²) in [5.74, 6) is 0.0266. The minimum atomic E-state index is -0.455. The molecular formula is C13H11FN8. The maximum Gasteiger partial charge on any atom is 0.240 e. The minimum Gasteiger partial charge on any atom is -0.371 e. The number of fused-ring (bicyclic) bond motifs is 2. The van der Waals surface area contributed by atoms with E-state index in [4.69, 9.17) is 5.73 Å². The lowest BCUT2D eigenvalue weighted by atomic mass is 10.2. The van der Waals surface area contributed by atoms with E-state index in [2.05, 4.69) is 25.5 Å². The Hall–Kier alpha value is -3.23. The third-order valence-electron chi connectivity index (χ3n) is 3.35. The van der Waals surface area contributed by atoms with Crippen LogP contribution in [0, 0.1) is 5.82 Å². The Kier molecular flexibility index (Phi) is 2.49. The molecule has 0 aliphatic rings. The number of nitrogen functional groups attached to an aromatic ring is 1. The number of nitrogens with two attached hydrogens (primary N) is 1. The predicted molar refractivity (Wildman–Crippen MR) is 78.9 cm³/mol. The Morgan fingerprint density at radius 3 is 2.91 bits per heavy atom. The smallest absolute Gasteiger partial charge is 0.240 e. The molecule has 0 spiro atoms. The van der Waals surface area contributed by atoms with Crippen LogP contribution in [0.25, 0.3) is 22.4 Å². The van der Waals surface area contributed by atoms with Crippen LogP contribution in [0.4, 0.5) is 16.2 Å². The van der Waals surface area contributed by atoms with Crippen molar-refractivity contribution in [2.45, 2.75) is 0 Å². The largest absolute Gasteiger partial charge is 0.371 e. The van der Waals surface area contributed by atoms with Crippen LogP contribution in [0.1, 0.15) is 0 Å². The van der Waals surface area contributed by atoms with Gasteiger partial charge in [-0.1, -0.05) is 0 Å². The summed E-state index contributed by atoms with van der Waals surface area (Å²) in [6.45, 7) is 0. The number of nitrogens with one attached hydrogen (secondary N) is 1. The molecular weight excluding hydrogens is 287 g/mol. The van der Waals surface area contributed by atoms with Crippen molar-refractivity contribution in [3.63, 3.8) is 0 Å². The highest BCUT2D eigenvalue weighted by atomic mass is 19.1. The van der Waals surface area contributed by atoms with Gasteiger partial charge in [-0.05, 0) is 12.1 Å². The molecule has 0 saturated heterocycles. The normalized spacial score (nSPS) is 11.4. The maximum absolute atomic E-state index is 14.4. The molecule has 3 N–H and O–H groups in total. The lowest BCUT2D eigenvalue weighted by Gasteiger charge is -2.06. The van der Waals surface area contributed by atoms with Crippen molar-refractivity contribution >= 4 is 22.9 Å². The van der Waals surface area contributed by atoms with Crippen LogP contribution in [-0.4, -0.2) is 36.2 Å². The van der Waals surface area contributed by atoms with Gasteiger partial charge < -0.3 is 11.1 Å². The van der Waals surface area contributed by atoms with Crippen LogP contribution in [0.2, 0.25) is 0 Å². The first kappa shape index (κ1) is 12.5. The van der Waals surface area contributed by atoms with Crippen molar-refractivity contribution in [1.82, 2.24) is 29.2 Å². The summed E-state index contributed by atoms with van der Waals surface area (Å²) < 4.78 is 17.4. The van der Waals surface area contributed by atoms with E-state index in [9.17, 15) is 4.39 Å². The Morgan fingerprint density at radius 2 is 2.09 bits per heavy atom. The van der Waals surface area contributed by atoms with Gasteiger partial charge in [-0.15, -0.1) is 5.10 Å². The zero-order valence-electron chi connectivity index (χ0n) is 11.5. The molecule has 0 saturated carbocycles. The van der Waals surface area contributed by atoms with Crippen LogP contribution in [0.3, 0.4) is 0 Å². The fraction of sp³-hybridized carbons (Fsp3) is 0.0769. The summed E-state index contributed by atoms with van der Waals surface area (Å²) in [6, 6.07) is 3.47. The van der Waals surface area contributed by atoms with Crippen molar-refractivity contribution in [1.29, 1.82) is 0 Å². The topological polar surface area (TPSA) is 98.4 Å². The second-order valence-electron chi connectivity index (χ2n) is 4.66. The average Bonchev–Trinajstić information content (AvgIpc) is 3.08. The molecule has 0 unspecified atom stereocenters. The summed E-state index contributed by atoms with van der Waals surface area (Å²) in [4.78, 5) is 8.21. The lowest BCUT2D eigenvalue weighted by Crippen LogP contribution is -2.05. The Morgan fingerprint density at radius 1 is 1.23 bits per heavy atom. The van der Waals surface area contributed by atoms with E-state index in [1.807, 2.05) is 0 Å². The number of anilines is 2. The van der Waals surface area contributed by atoms with E-state index in [-0.39, 0.29) is 5.95 Å². The molecule has 0 atom stereocenters. The first-order valence-electron chi connectivity index (χ1n) is 6.50. The number of aromatic nitrogens is 6. The predicted octanol–water partition coefficient (Wildman–Crippen LogP) is 1.20. The SMILES string of the molecule is CNc1nc(N)nn2cc(F)c(-c3ccc4nccn4n3)c12. The molecule has 0 aliphatic carbocycles. The molecule has 4 aromatic rings. The van der Waals surface area contributed by atoms with Crippen LogP contribution < -0.4 is 11.1 Å². The van der Waals surface area contributed by atoms with Gasteiger partial charge >= 0.3 is 0 Å². The molecule has 0 aromatic carbocycles. The highest BCUT2D eigenvalue weighted by Gasteiger charge is 2.19. The van der Waals surface area contributed by atoms with Crippen LogP contribution in [0.5, 0.6) is 0 Å². The van der Waals surface area contributed by atoms with E-state index in [1.54, 1.807) is 36.1 Å². The highest BCUT2D eigenvalue weighted by Crippen LogP contribution is 2.31. The first-order chi connectivity index (χ1) is 10.7. The maximum atomic E-state index is 14.4. The van der Waals surface area contributed by atoms with Crippen molar-refractivity contribution in [2.24, 2.45) is 0 Å². The zero-order chi connectivity index (χ0) is 15.3. The average molecular weight is 298 g/mol. The van der Waals surface area contributed by atoms with Crippen LogP contribution >= 0.6 is 0 Å². The molecule has 0 fully saturated rings. The van der Waals surface area contributed by atoms with E-state index in [1.165, 1.54) is 10.7 Å². The van der Waals surface area contributed by atoms with E-state index in [0.717, 1.165) is 0 Å². The molecule has 0 bridgehead atoms. The summed E-state index contributed by atoms with van der Waals surface area (Å²) in [5, 5.41) is 11.3. The Bertz CT molecular complexity index is 1000. The number of rotatable bonds is 2. The second-order valence-corrected chi connectivity index (χ2v) is 4.66. The molecule has 110 valence electrons. The third-order valence-corrected chi connectivity index (χ3v) is 3.35. The molecule has 0 aliphatic heterocycles. The van der Waals surface area contributed by atoms with Gasteiger partial charge in [-0.3, -0.25) is 0 Å². The summed E-state index contributed by atoms with van der Waals surface area (Å²) in [6.07, 6.45) is 4.58. The lowest BCUT2D eigenvalue weighted by molar-refractivity contribution is 0.627. The summed E-state index contributed by atoms with van der Waals surface area (Å²) >= 11 is 0. The van der Waals surface area contributed by atoms with E-state index in [0.29, 0.717) is 28.2 Å². The van der Waals surface area contributed by atoms with Gasteiger partial charge in [0.1, 0.15) is 5.52 Å². The van der Waals surface area contributed by atoms with E-state index >= 15 is 0 Å². The number of hydrogen-bond acceptors (Lipinski definition) is 6. The van der Waals surface area contributed by atoms with Crippen LogP contribution in [-0.2, 0) is 0 Å². The summed E-state index contributed by atoms with van der Waals surface area (Å²) in [7, 11) is 1.68. The molecule has 4 heterocycles. The molecule has 4 aromatic heterocycles. The number of imidazole rings is 1. The highest BCUT2D eigenvalue weighted by molar-refractivity contribution is 5.87. The molecule has 8 nitrogen and oxygen atoms in total. The molecule has 4 rings (SSSR count). The number of halogens is 1. The van der Waals surface area contributed by atoms with Gasteiger partial charge in [0.2, 0.25) is 5.95 Å². The Balaban J connectivity index is 2.06. The van der Waals surface area contributed by atoms with Gasteiger partial charge in [0, 0.05) is 19.4 Å². The van der Waals surface area contributed by atoms with Crippen LogP contribution in [0.15, 0.2) is 30.7 Å². The van der Waals surface area contributed by atoms with Gasteiger partial charge in [0.15, 0.2) is 17.3 Å². The van der Waals surface area contributed by atoms with Crippen molar-refractivity contribution in [2.75, 3.05) is 18.1 Å². The standard InChI is InChI=1S/C13H11FN8/c1-16-12-11-10(7(14)6-22(11)20-13(15)18-12)8-2-3-9-17-4-5-21(9)19-8/h2-6H,1H3,(H3,15,16,18,20). The third kappa shape index (κ3) is 1.68. The number of hydrogen-bond donors (Lipinski definition) is 2. The van der Waals surface area contributed by atoms with Gasteiger partial charge in [0.05, 0.1) is 17.5 Å². The second kappa shape index (κ2) is 4.38. The molecule has 22 heavy (non-hydrogen) atoms.